The molecule has 0 radical (unpaired) electrons. The molecule has 5 nitrogen and oxygen atoms in total. The van der Waals surface area contributed by atoms with Crippen molar-refractivity contribution >= 4 is 15.8 Å². The molecular weight excluding hydrogens is 310 g/mol. The number of nitrogens with one attached hydrogen (secondary N) is 1. The second-order valence-corrected chi connectivity index (χ2v) is 10.3. The van der Waals surface area contributed by atoms with Gasteiger partial charge >= 0.3 is 0 Å². The molecule has 0 saturated carbocycles. The first-order valence-corrected chi connectivity index (χ1v) is 10.8. The van der Waals surface area contributed by atoms with E-state index < -0.39 is 9.84 Å². The average Bonchev–Trinajstić information content (AvgIpc) is 3.02. The number of rotatable bonds is 5. The maximum atomic E-state index is 11.6. The lowest BCUT2D eigenvalue weighted by Gasteiger charge is -2.26. The Hall–Kier alpha value is -0.780. The van der Waals surface area contributed by atoms with Crippen molar-refractivity contribution in [2.75, 3.05) is 37.7 Å². The zero-order valence-corrected chi connectivity index (χ0v) is 16.0. The maximum absolute atomic E-state index is 11.6. The van der Waals surface area contributed by atoms with Gasteiger partial charge in [0.1, 0.15) is 0 Å². The van der Waals surface area contributed by atoms with Gasteiger partial charge in [-0.05, 0) is 36.5 Å². The number of sulfone groups is 1. The van der Waals surface area contributed by atoms with Crippen molar-refractivity contribution in [1.29, 1.82) is 0 Å². The number of guanidine groups is 1. The van der Waals surface area contributed by atoms with Crippen LogP contribution in [0.5, 0.6) is 0 Å². The molecule has 2 aliphatic rings. The van der Waals surface area contributed by atoms with E-state index in [9.17, 15) is 8.42 Å². The molecule has 23 heavy (non-hydrogen) atoms. The molecule has 0 amide bonds. The van der Waals surface area contributed by atoms with E-state index in [-0.39, 0.29) is 5.92 Å². The standard InChI is InChI=1S/C17H33N3O2S/c1-5-17(4)7-8-20(13-17)16(18-10-14(2)3)19-11-15-6-9-23(21,22)12-15/h14-15H,5-13H2,1-4H3,(H,18,19). The van der Waals surface area contributed by atoms with Gasteiger partial charge in [0.05, 0.1) is 11.5 Å². The molecule has 0 aromatic rings. The summed E-state index contributed by atoms with van der Waals surface area (Å²) < 4.78 is 23.2. The van der Waals surface area contributed by atoms with Crippen molar-refractivity contribution < 1.29 is 8.42 Å². The van der Waals surface area contributed by atoms with Crippen molar-refractivity contribution in [3.8, 4) is 0 Å². The highest BCUT2D eigenvalue weighted by molar-refractivity contribution is 7.91. The van der Waals surface area contributed by atoms with Gasteiger partial charge in [0.25, 0.3) is 0 Å². The van der Waals surface area contributed by atoms with Crippen LogP contribution in [0.4, 0.5) is 0 Å². The van der Waals surface area contributed by atoms with Gasteiger partial charge in [0.15, 0.2) is 15.8 Å². The highest BCUT2D eigenvalue weighted by Gasteiger charge is 2.34. The van der Waals surface area contributed by atoms with Crippen LogP contribution in [-0.4, -0.2) is 57.0 Å². The lowest BCUT2D eigenvalue weighted by Crippen LogP contribution is -2.43. The maximum Gasteiger partial charge on any atom is 0.193 e. The zero-order valence-electron chi connectivity index (χ0n) is 15.1. The van der Waals surface area contributed by atoms with Crippen LogP contribution in [0.25, 0.3) is 0 Å². The van der Waals surface area contributed by atoms with E-state index in [1.54, 1.807) is 0 Å². The third kappa shape index (κ3) is 5.37. The zero-order chi connectivity index (χ0) is 17.1. The quantitative estimate of drug-likeness (QED) is 0.614. The van der Waals surface area contributed by atoms with Gasteiger partial charge in [-0.1, -0.05) is 27.7 Å². The van der Waals surface area contributed by atoms with Crippen molar-refractivity contribution in [3.63, 3.8) is 0 Å². The Morgan fingerprint density at radius 2 is 2.17 bits per heavy atom. The van der Waals surface area contributed by atoms with Gasteiger partial charge in [-0.15, -0.1) is 0 Å². The molecule has 0 spiro atoms. The van der Waals surface area contributed by atoms with Crippen LogP contribution in [0.15, 0.2) is 4.99 Å². The highest BCUT2D eigenvalue weighted by Crippen LogP contribution is 2.33. The second-order valence-electron chi connectivity index (χ2n) is 8.04. The molecule has 2 aliphatic heterocycles. The highest BCUT2D eigenvalue weighted by atomic mass is 32.2. The fourth-order valence-corrected chi connectivity index (χ4v) is 5.16. The molecule has 0 bridgehead atoms. The summed E-state index contributed by atoms with van der Waals surface area (Å²) in [6.07, 6.45) is 3.16. The topological polar surface area (TPSA) is 61.8 Å². The predicted octanol–water partition coefficient (Wildman–Crippen LogP) is 2.14. The van der Waals surface area contributed by atoms with Crippen LogP contribution in [-0.2, 0) is 9.84 Å². The summed E-state index contributed by atoms with van der Waals surface area (Å²) in [5, 5.41) is 3.47. The van der Waals surface area contributed by atoms with Crippen LogP contribution in [0.3, 0.4) is 0 Å². The fourth-order valence-electron chi connectivity index (χ4n) is 3.30. The summed E-state index contributed by atoms with van der Waals surface area (Å²) in [5.74, 6) is 2.39. The molecule has 2 rings (SSSR count). The molecule has 2 unspecified atom stereocenters. The van der Waals surface area contributed by atoms with Gasteiger partial charge in [-0.25, -0.2) is 8.42 Å². The number of likely N-dealkylation sites (tertiary alicyclic amines) is 1. The lowest BCUT2D eigenvalue weighted by molar-refractivity contribution is 0.321. The van der Waals surface area contributed by atoms with E-state index in [0.29, 0.717) is 22.8 Å². The minimum atomic E-state index is -2.80. The van der Waals surface area contributed by atoms with Crippen molar-refractivity contribution in [2.45, 2.75) is 47.0 Å². The normalized spacial score (nSPS) is 31.1. The van der Waals surface area contributed by atoms with Crippen LogP contribution < -0.4 is 5.32 Å². The number of hydrogen-bond donors (Lipinski definition) is 1. The Labute approximate surface area is 141 Å². The molecule has 6 heteroatoms. The minimum absolute atomic E-state index is 0.226. The Balaban J connectivity index is 1.97. The monoisotopic (exact) mass is 343 g/mol. The second kappa shape index (κ2) is 7.41. The van der Waals surface area contributed by atoms with Gasteiger partial charge < -0.3 is 10.2 Å². The van der Waals surface area contributed by atoms with Crippen molar-refractivity contribution in [3.05, 3.63) is 0 Å². The molecule has 0 aromatic carbocycles. The van der Waals surface area contributed by atoms with Gasteiger partial charge in [-0.3, -0.25) is 4.99 Å². The van der Waals surface area contributed by atoms with E-state index in [4.69, 9.17) is 4.99 Å². The fraction of sp³-hybridized carbons (Fsp3) is 0.941. The molecule has 2 atom stereocenters. The van der Waals surface area contributed by atoms with E-state index in [1.807, 2.05) is 0 Å². The molecule has 2 saturated heterocycles. The Morgan fingerprint density at radius 3 is 2.70 bits per heavy atom. The summed E-state index contributed by atoms with van der Waals surface area (Å²) in [5.41, 5.74) is 0.372. The minimum Gasteiger partial charge on any atom is -0.356 e. The SMILES string of the molecule is CCC1(C)CCN(C(=NCC(C)C)NCC2CCS(=O)(=O)C2)C1. The molecule has 0 aliphatic carbocycles. The van der Waals surface area contributed by atoms with Gasteiger partial charge in [0, 0.05) is 26.2 Å². The first kappa shape index (κ1) is 18.6. The van der Waals surface area contributed by atoms with Crippen LogP contribution in [0, 0.1) is 17.3 Å². The molecule has 2 heterocycles. The molecule has 134 valence electrons. The van der Waals surface area contributed by atoms with Crippen LogP contribution in [0.1, 0.15) is 47.0 Å². The number of nitrogens with zero attached hydrogens (tertiary/aromatic N) is 2. The van der Waals surface area contributed by atoms with Gasteiger partial charge in [0.2, 0.25) is 0 Å². The van der Waals surface area contributed by atoms with Crippen LogP contribution >= 0.6 is 0 Å². The molecule has 0 aromatic heterocycles. The van der Waals surface area contributed by atoms with Crippen molar-refractivity contribution in [1.82, 2.24) is 10.2 Å². The predicted molar refractivity (Wildman–Crippen MR) is 96.5 cm³/mol. The first-order chi connectivity index (χ1) is 10.7. The number of aliphatic imine (C=N–C) groups is 1. The summed E-state index contributed by atoms with van der Waals surface area (Å²) in [6, 6.07) is 0. The average molecular weight is 344 g/mol. The molecule has 2 fully saturated rings. The first-order valence-electron chi connectivity index (χ1n) is 8.97. The van der Waals surface area contributed by atoms with Crippen molar-refractivity contribution in [2.24, 2.45) is 22.2 Å². The largest absolute Gasteiger partial charge is 0.356 e. The lowest BCUT2D eigenvalue weighted by atomic mass is 9.87. The van der Waals surface area contributed by atoms with E-state index in [0.717, 1.165) is 38.6 Å². The molecular formula is C17H33N3O2S. The number of hydrogen-bond acceptors (Lipinski definition) is 3. The summed E-state index contributed by atoms with van der Waals surface area (Å²) >= 11 is 0. The summed E-state index contributed by atoms with van der Waals surface area (Å²) in [4.78, 5) is 7.14. The third-order valence-electron chi connectivity index (χ3n) is 5.19. The third-order valence-corrected chi connectivity index (χ3v) is 7.03. The van der Waals surface area contributed by atoms with Gasteiger partial charge in [-0.2, -0.15) is 0 Å². The van der Waals surface area contributed by atoms with Crippen LogP contribution in [0.2, 0.25) is 0 Å². The van der Waals surface area contributed by atoms with E-state index in [1.165, 1.54) is 12.8 Å². The Kier molecular flexibility index (Phi) is 5.98. The van der Waals surface area contributed by atoms with E-state index in [2.05, 4.69) is 37.9 Å². The Morgan fingerprint density at radius 1 is 1.43 bits per heavy atom. The molecule has 1 N–H and O–H groups in total. The van der Waals surface area contributed by atoms with E-state index >= 15 is 0 Å². The Bertz CT molecular complexity index is 530. The summed E-state index contributed by atoms with van der Waals surface area (Å²) in [7, 11) is -2.80. The smallest absolute Gasteiger partial charge is 0.193 e. The summed E-state index contributed by atoms with van der Waals surface area (Å²) in [6.45, 7) is 12.5.